The van der Waals surface area contributed by atoms with E-state index in [1.807, 2.05) is 31.3 Å². The maximum Gasteiger partial charge on any atom is 0.319 e. The Balaban J connectivity index is 1.48. The number of piperidine rings is 2. The molecule has 13 heteroatoms. The van der Waals surface area contributed by atoms with Gasteiger partial charge >= 0.3 is 6.03 Å². The molecule has 0 aliphatic carbocycles. The third-order valence-electron chi connectivity index (χ3n) is 7.17. The van der Waals surface area contributed by atoms with E-state index < -0.39 is 17.0 Å². The molecule has 3 heterocycles. The number of urea groups is 1. The summed E-state index contributed by atoms with van der Waals surface area (Å²) in [7, 11) is 5.28. The van der Waals surface area contributed by atoms with E-state index in [4.69, 9.17) is 10.7 Å². The average Bonchev–Trinajstić information content (AvgIpc) is 2.92. The molecule has 0 saturated carbocycles. The molecular formula is C25H36N8O4S. The van der Waals surface area contributed by atoms with Crippen LogP contribution in [0.1, 0.15) is 36.2 Å². The molecule has 2 fully saturated rings. The van der Waals surface area contributed by atoms with Gasteiger partial charge in [0.25, 0.3) is 5.91 Å². The fourth-order valence-corrected chi connectivity index (χ4v) is 5.57. The Hall–Kier alpha value is -3.45. The molecule has 2 aromatic rings. The highest BCUT2D eigenvalue weighted by atomic mass is 32.2. The van der Waals surface area contributed by atoms with Crippen molar-refractivity contribution in [3.63, 3.8) is 0 Å². The van der Waals surface area contributed by atoms with Gasteiger partial charge in [0, 0.05) is 58.7 Å². The van der Waals surface area contributed by atoms with Gasteiger partial charge in [0.05, 0.1) is 17.5 Å². The van der Waals surface area contributed by atoms with Gasteiger partial charge in [-0.1, -0.05) is 0 Å². The van der Waals surface area contributed by atoms with Crippen LogP contribution >= 0.6 is 0 Å². The number of rotatable bonds is 7. The monoisotopic (exact) mass is 544 g/mol. The molecule has 38 heavy (non-hydrogen) atoms. The third-order valence-corrected chi connectivity index (χ3v) is 8.21. The van der Waals surface area contributed by atoms with Crippen LogP contribution in [0, 0.1) is 0 Å². The largest absolute Gasteiger partial charge is 0.371 e. The lowest BCUT2D eigenvalue weighted by molar-refractivity contribution is 0.0996. The van der Waals surface area contributed by atoms with Crippen molar-refractivity contribution in [3.8, 4) is 0 Å². The molecule has 206 valence electrons. The van der Waals surface area contributed by atoms with Crippen LogP contribution in [-0.4, -0.2) is 99.1 Å². The third kappa shape index (κ3) is 6.33. The van der Waals surface area contributed by atoms with Gasteiger partial charge in [-0.25, -0.2) is 19.0 Å². The van der Waals surface area contributed by atoms with Crippen LogP contribution in [0.2, 0.25) is 0 Å². The number of aromatic nitrogens is 2. The van der Waals surface area contributed by atoms with Gasteiger partial charge < -0.3 is 35.2 Å². The topological polar surface area (TPSA) is 148 Å². The number of nitrogens with zero attached hydrogens (tertiary/aromatic N) is 6. The lowest BCUT2D eigenvalue weighted by atomic mass is 10.0. The van der Waals surface area contributed by atoms with Gasteiger partial charge in [0.2, 0.25) is 0 Å². The summed E-state index contributed by atoms with van der Waals surface area (Å²) >= 11 is -1.78. The number of hydrogen-bond donors (Lipinski definition) is 3. The molecule has 2 atom stereocenters. The number of nitrogens with one attached hydrogen (secondary N) is 1. The number of benzene rings is 1. The van der Waals surface area contributed by atoms with Crippen molar-refractivity contribution < 1.29 is 18.4 Å². The second kappa shape index (κ2) is 11.9. The van der Waals surface area contributed by atoms with E-state index in [1.54, 1.807) is 30.1 Å². The van der Waals surface area contributed by atoms with E-state index in [1.165, 1.54) is 0 Å². The van der Waals surface area contributed by atoms with Gasteiger partial charge in [-0.15, -0.1) is 0 Å². The quantitative estimate of drug-likeness (QED) is 0.446. The van der Waals surface area contributed by atoms with Crippen LogP contribution in [-0.2, 0) is 11.1 Å². The first-order valence-electron chi connectivity index (χ1n) is 12.7. The van der Waals surface area contributed by atoms with Crippen molar-refractivity contribution in [2.24, 2.45) is 5.73 Å². The van der Waals surface area contributed by atoms with Crippen molar-refractivity contribution >= 4 is 46.0 Å². The average molecular weight is 545 g/mol. The predicted octanol–water partition coefficient (Wildman–Crippen LogP) is 2.09. The van der Waals surface area contributed by atoms with E-state index in [2.05, 4.69) is 20.1 Å². The maximum atomic E-state index is 12.4. The first kappa shape index (κ1) is 27.6. The lowest BCUT2D eigenvalue weighted by Gasteiger charge is -2.39. The Labute approximate surface area is 225 Å². The lowest BCUT2D eigenvalue weighted by Crippen LogP contribution is -2.51. The molecule has 0 spiro atoms. The van der Waals surface area contributed by atoms with Crippen molar-refractivity contribution in [3.05, 3.63) is 36.2 Å². The second-order valence-electron chi connectivity index (χ2n) is 9.95. The van der Waals surface area contributed by atoms with Crippen molar-refractivity contribution in [2.45, 2.75) is 37.0 Å². The molecule has 2 aliphatic rings. The van der Waals surface area contributed by atoms with Crippen molar-refractivity contribution in [1.82, 2.24) is 19.8 Å². The van der Waals surface area contributed by atoms with Gasteiger partial charge in [-0.2, -0.15) is 0 Å². The fraction of sp³-hybridized carbons (Fsp3) is 0.520. The van der Waals surface area contributed by atoms with Crippen molar-refractivity contribution in [2.75, 3.05) is 62.4 Å². The summed E-state index contributed by atoms with van der Waals surface area (Å²) in [6.45, 7) is 2.81. The highest BCUT2D eigenvalue weighted by molar-refractivity contribution is 7.79. The summed E-state index contributed by atoms with van der Waals surface area (Å²) in [5.41, 5.74) is 7.37. The Morgan fingerprint density at radius 3 is 2.37 bits per heavy atom. The highest BCUT2D eigenvalue weighted by Crippen LogP contribution is 2.27. The predicted molar refractivity (Wildman–Crippen MR) is 148 cm³/mol. The molecule has 1 aromatic carbocycles. The molecule has 4 rings (SSSR count). The normalized spacial score (nSPS) is 19.1. The minimum Gasteiger partial charge on any atom is -0.371 e. The molecule has 2 aliphatic heterocycles. The van der Waals surface area contributed by atoms with E-state index >= 15 is 0 Å². The highest BCUT2D eigenvalue weighted by Gasteiger charge is 2.28. The first-order chi connectivity index (χ1) is 18.1. The van der Waals surface area contributed by atoms with Crippen LogP contribution in [0.25, 0.3) is 0 Å². The molecule has 2 saturated heterocycles. The van der Waals surface area contributed by atoms with E-state index in [0.29, 0.717) is 25.2 Å². The number of carbonyl (C=O) groups excluding carboxylic acids is 2. The Morgan fingerprint density at radius 1 is 1.08 bits per heavy atom. The van der Waals surface area contributed by atoms with E-state index in [9.17, 15) is 18.4 Å². The standard InChI is InChI=1S/C25H36N8O4S/c1-30(2)25(35)31(3)19-5-4-12-33(16-19)21-15-27-22(23(26)34)24(29-21)28-17-6-8-18(9-7-17)32-13-10-20(11-14-32)38(36)37/h6-9,15,19-20H,4-5,10-14,16H2,1-3H3,(H2,26,34)(H,28,29)(H,36,37)/t19-/m1/s1. The summed E-state index contributed by atoms with van der Waals surface area (Å²) < 4.78 is 20.7. The zero-order valence-electron chi connectivity index (χ0n) is 22.0. The zero-order valence-corrected chi connectivity index (χ0v) is 22.9. The van der Waals surface area contributed by atoms with Crippen LogP contribution < -0.4 is 20.9 Å². The molecule has 3 amide bonds. The SMILES string of the molecule is CN(C)C(=O)N(C)[C@@H]1CCCN(c2cnc(C(N)=O)c(Nc3ccc(N4CCC(S(=O)O)CC4)cc3)n2)C1. The van der Waals surface area contributed by atoms with E-state index in [0.717, 1.165) is 43.9 Å². The fourth-order valence-electron chi connectivity index (χ4n) is 4.96. The minimum absolute atomic E-state index is 0.0302. The minimum atomic E-state index is -1.78. The number of likely N-dealkylation sites (N-methyl/N-ethyl adjacent to an activating group) is 1. The first-order valence-corrected chi connectivity index (χ1v) is 13.9. The van der Waals surface area contributed by atoms with Gasteiger partial charge in [-0.3, -0.25) is 4.79 Å². The molecule has 4 N–H and O–H groups in total. The molecule has 1 aromatic heterocycles. The molecule has 0 bridgehead atoms. The summed E-state index contributed by atoms with van der Waals surface area (Å²) in [6, 6.07) is 7.69. The van der Waals surface area contributed by atoms with Crippen LogP contribution in [0.5, 0.6) is 0 Å². The summed E-state index contributed by atoms with van der Waals surface area (Å²) in [5, 5.41) is 3.02. The molecule has 0 radical (unpaired) electrons. The number of hydrogen-bond acceptors (Lipinski definition) is 8. The number of carbonyl (C=O) groups is 2. The Kier molecular flexibility index (Phi) is 8.67. The number of nitrogens with two attached hydrogens (primary N) is 1. The molecule has 12 nitrogen and oxygen atoms in total. The molecule has 1 unspecified atom stereocenters. The smallest absolute Gasteiger partial charge is 0.319 e. The number of amides is 3. The molecular weight excluding hydrogens is 508 g/mol. The summed E-state index contributed by atoms with van der Waals surface area (Å²) in [4.78, 5) is 41.1. The number of primary amides is 1. The summed E-state index contributed by atoms with van der Waals surface area (Å²) in [6.07, 6.45) is 4.68. The Bertz CT molecular complexity index is 1170. The maximum absolute atomic E-state index is 12.4. The van der Waals surface area contributed by atoms with Gasteiger partial charge in [0.1, 0.15) is 5.82 Å². The summed E-state index contributed by atoms with van der Waals surface area (Å²) in [5.74, 6) is 0.197. The van der Waals surface area contributed by atoms with Crippen LogP contribution in [0.4, 0.5) is 27.8 Å². The van der Waals surface area contributed by atoms with Gasteiger partial charge in [-0.05, 0) is 49.9 Å². The van der Waals surface area contributed by atoms with Crippen LogP contribution in [0.15, 0.2) is 30.5 Å². The Morgan fingerprint density at radius 2 is 1.76 bits per heavy atom. The van der Waals surface area contributed by atoms with Crippen molar-refractivity contribution in [1.29, 1.82) is 0 Å². The number of anilines is 4. The zero-order chi connectivity index (χ0) is 27.4. The van der Waals surface area contributed by atoms with E-state index in [-0.39, 0.29) is 28.8 Å². The second-order valence-corrected chi connectivity index (χ2v) is 11.2. The van der Waals surface area contributed by atoms with Gasteiger partial charge in [0.15, 0.2) is 22.6 Å². The van der Waals surface area contributed by atoms with Crippen LogP contribution in [0.3, 0.4) is 0 Å².